The highest BCUT2D eigenvalue weighted by molar-refractivity contribution is 7.84. The highest BCUT2D eigenvalue weighted by Gasteiger charge is 2.26. The average Bonchev–Trinajstić information content (AvgIpc) is 1.98. The van der Waals surface area contributed by atoms with E-state index in [4.69, 9.17) is 5.73 Å². The number of nitrogens with two attached hydrogens (primary N) is 1. The van der Waals surface area contributed by atoms with Gasteiger partial charge < -0.3 is 5.73 Å². The van der Waals surface area contributed by atoms with Crippen molar-refractivity contribution in [3.05, 3.63) is 0 Å². The monoisotopic (exact) mass is 217 g/mol. The molecule has 6 heteroatoms. The summed E-state index contributed by atoms with van der Waals surface area (Å²) in [5, 5.41) is 0. The minimum Gasteiger partial charge on any atom is -0.330 e. The summed E-state index contributed by atoms with van der Waals surface area (Å²) < 4.78 is 45.9. The second-order valence-electron chi connectivity index (χ2n) is 2.71. The fourth-order valence-corrected chi connectivity index (χ4v) is 1.94. The molecule has 0 saturated heterocycles. The Morgan fingerprint density at radius 1 is 1.15 bits per heavy atom. The van der Waals surface area contributed by atoms with E-state index in [1.54, 1.807) is 0 Å². The quantitative estimate of drug-likeness (QED) is 0.731. The summed E-state index contributed by atoms with van der Waals surface area (Å²) in [5.74, 6) is 0.536. The molecule has 0 aliphatic rings. The maximum absolute atomic E-state index is 11.6. The Labute approximate surface area is 78.1 Å². The van der Waals surface area contributed by atoms with E-state index in [2.05, 4.69) is 0 Å². The molecule has 0 fully saturated rings. The van der Waals surface area contributed by atoms with Crippen LogP contribution < -0.4 is 5.73 Å². The van der Waals surface area contributed by atoms with Crippen molar-refractivity contribution in [2.75, 3.05) is 18.1 Å². The van der Waals surface area contributed by atoms with Crippen molar-refractivity contribution in [1.82, 2.24) is 0 Å². The topological polar surface area (TPSA) is 43.1 Å². The van der Waals surface area contributed by atoms with Gasteiger partial charge in [-0.15, -0.1) is 0 Å². The molecule has 0 aromatic carbocycles. The van der Waals surface area contributed by atoms with Crippen LogP contribution in [-0.4, -0.2) is 28.4 Å². The van der Waals surface area contributed by atoms with E-state index in [-0.39, 0.29) is 12.2 Å². The lowest BCUT2D eigenvalue weighted by Gasteiger charge is -2.05. The third-order valence-electron chi connectivity index (χ3n) is 1.41. The van der Waals surface area contributed by atoms with E-state index in [9.17, 15) is 17.4 Å². The summed E-state index contributed by atoms with van der Waals surface area (Å²) in [6.07, 6.45) is -4.42. The molecule has 0 amide bonds. The van der Waals surface area contributed by atoms with Crippen LogP contribution in [0, 0.1) is 0 Å². The lowest BCUT2D eigenvalue weighted by atomic mass is 10.3. The zero-order valence-electron chi connectivity index (χ0n) is 7.27. The minimum absolute atomic E-state index is 0.0549. The summed E-state index contributed by atoms with van der Waals surface area (Å²) in [4.78, 5) is 0. The summed E-state index contributed by atoms with van der Waals surface area (Å²) in [6, 6.07) is 0. The van der Waals surface area contributed by atoms with Crippen molar-refractivity contribution >= 4 is 10.8 Å². The van der Waals surface area contributed by atoms with Gasteiger partial charge >= 0.3 is 6.18 Å². The van der Waals surface area contributed by atoms with E-state index in [0.717, 1.165) is 0 Å². The normalized spacial score (nSPS) is 14.5. The third-order valence-corrected chi connectivity index (χ3v) is 2.90. The van der Waals surface area contributed by atoms with Gasteiger partial charge in [0.05, 0.1) is 0 Å². The molecule has 0 aromatic heterocycles. The van der Waals surface area contributed by atoms with Gasteiger partial charge in [0.25, 0.3) is 0 Å². The number of hydrogen-bond acceptors (Lipinski definition) is 2. The van der Waals surface area contributed by atoms with Crippen LogP contribution in [0.4, 0.5) is 13.2 Å². The van der Waals surface area contributed by atoms with Crippen LogP contribution in [0.3, 0.4) is 0 Å². The first-order valence-electron chi connectivity index (χ1n) is 4.07. The molecule has 0 aromatic rings. The molecule has 2 nitrogen and oxygen atoms in total. The Morgan fingerprint density at radius 3 is 2.15 bits per heavy atom. The molecule has 0 aliphatic carbocycles. The highest BCUT2D eigenvalue weighted by atomic mass is 32.2. The molecule has 0 spiro atoms. The molecule has 0 radical (unpaired) electrons. The third kappa shape index (κ3) is 9.82. The van der Waals surface area contributed by atoms with Gasteiger partial charge in [-0.05, 0) is 19.4 Å². The van der Waals surface area contributed by atoms with Crippen LogP contribution >= 0.6 is 0 Å². The van der Waals surface area contributed by atoms with Crippen molar-refractivity contribution in [1.29, 1.82) is 0 Å². The Morgan fingerprint density at radius 2 is 1.69 bits per heavy atom. The molecule has 0 saturated carbocycles. The van der Waals surface area contributed by atoms with E-state index in [1.807, 2.05) is 0 Å². The van der Waals surface area contributed by atoms with Crippen LogP contribution in [0.25, 0.3) is 0 Å². The molecule has 0 bridgehead atoms. The Bertz CT molecular complexity index is 160. The van der Waals surface area contributed by atoms with Crippen molar-refractivity contribution in [3.8, 4) is 0 Å². The highest BCUT2D eigenvalue weighted by Crippen LogP contribution is 2.21. The van der Waals surface area contributed by atoms with E-state index in [0.29, 0.717) is 18.7 Å². The van der Waals surface area contributed by atoms with Crippen LogP contribution in [0.2, 0.25) is 0 Å². The van der Waals surface area contributed by atoms with Gasteiger partial charge in [0.1, 0.15) is 0 Å². The fourth-order valence-electron chi connectivity index (χ4n) is 0.780. The largest absolute Gasteiger partial charge is 0.389 e. The first-order valence-corrected chi connectivity index (χ1v) is 5.56. The summed E-state index contributed by atoms with van der Waals surface area (Å²) >= 11 is 0. The number of hydrogen-bond donors (Lipinski definition) is 1. The van der Waals surface area contributed by atoms with E-state index < -0.39 is 23.4 Å². The smallest absolute Gasteiger partial charge is 0.330 e. The van der Waals surface area contributed by atoms with Gasteiger partial charge in [0.15, 0.2) is 0 Å². The number of alkyl halides is 3. The molecule has 80 valence electrons. The van der Waals surface area contributed by atoms with Gasteiger partial charge in [0, 0.05) is 28.7 Å². The second-order valence-corrected chi connectivity index (χ2v) is 4.41. The van der Waals surface area contributed by atoms with Gasteiger partial charge in [-0.2, -0.15) is 13.2 Å². The fraction of sp³-hybridized carbons (Fsp3) is 1.00. The lowest BCUT2D eigenvalue weighted by molar-refractivity contribution is -0.134. The Balaban J connectivity index is 3.37. The van der Waals surface area contributed by atoms with Crippen molar-refractivity contribution in [2.24, 2.45) is 5.73 Å². The molecule has 1 unspecified atom stereocenters. The Hall–Kier alpha value is -0.100. The molecule has 0 rings (SSSR count). The van der Waals surface area contributed by atoms with Crippen LogP contribution in [-0.2, 0) is 10.8 Å². The van der Waals surface area contributed by atoms with E-state index >= 15 is 0 Å². The minimum atomic E-state index is -4.13. The maximum Gasteiger partial charge on any atom is 0.389 e. The number of halogens is 3. The van der Waals surface area contributed by atoms with Crippen molar-refractivity contribution in [2.45, 2.75) is 25.4 Å². The molecular weight excluding hydrogens is 203 g/mol. The van der Waals surface area contributed by atoms with Crippen LogP contribution in [0.15, 0.2) is 0 Å². The summed E-state index contributed by atoms with van der Waals surface area (Å²) in [7, 11) is -1.13. The summed E-state index contributed by atoms with van der Waals surface area (Å²) in [5.41, 5.74) is 5.16. The van der Waals surface area contributed by atoms with Crippen molar-refractivity contribution < 1.29 is 17.4 Å². The molecule has 1 atom stereocenters. The number of rotatable bonds is 6. The van der Waals surface area contributed by atoms with Gasteiger partial charge in [-0.1, -0.05) is 0 Å². The molecule has 13 heavy (non-hydrogen) atoms. The molecule has 0 aliphatic heterocycles. The van der Waals surface area contributed by atoms with Crippen LogP contribution in [0.5, 0.6) is 0 Å². The average molecular weight is 217 g/mol. The molecular formula is C7H14F3NOS. The van der Waals surface area contributed by atoms with Gasteiger partial charge in [-0.25, -0.2) is 0 Å². The first-order chi connectivity index (χ1) is 5.95. The van der Waals surface area contributed by atoms with Gasteiger partial charge in [0.2, 0.25) is 0 Å². The SMILES string of the molecule is NCCCS(=O)CCCC(F)(F)F. The lowest BCUT2D eigenvalue weighted by Crippen LogP contribution is -2.12. The standard InChI is InChI=1S/C7H14F3NOS/c8-7(9,10)3-1-5-13(12)6-2-4-11/h1-6,11H2. The first kappa shape index (κ1) is 12.9. The van der Waals surface area contributed by atoms with Crippen molar-refractivity contribution in [3.63, 3.8) is 0 Å². The van der Waals surface area contributed by atoms with Crippen LogP contribution in [0.1, 0.15) is 19.3 Å². The maximum atomic E-state index is 11.6. The predicted molar refractivity (Wildman–Crippen MR) is 46.8 cm³/mol. The van der Waals surface area contributed by atoms with Gasteiger partial charge in [-0.3, -0.25) is 4.21 Å². The summed E-state index contributed by atoms with van der Waals surface area (Å²) in [6.45, 7) is 0.436. The zero-order valence-corrected chi connectivity index (χ0v) is 8.09. The molecule has 0 heterocycles. The van der Waals surface area contributed by atoms with E-state index in [1.165, 1.54) is 0 Å². The predicted octanol–water partition coefficient (Wildman–Crippen LogP) is 1.43. The molecule has 2 N–H and O–H groups in total. The Kier molecular flexibility index (Phi) is 6.32. The zero-order chi connectivity index (χ0) is 10.3. The second kappa shape index (κ2) is 6.37.